The number of fused-ring (bicyclic) bond motifs is 1. The average molecular weight is 515 g/mol. The second-order valence-corrected chi connectivity index (χ2v) is 9.67. The van der Waals surface area contributed by atoms with Gasteiger partial charge >= 0.3 is 0 Å². The van der Waals surface area contributed by atoms with E-state index in [4.69, 9.17) is 9.47 Å². The zero-order valence-corrected chi connectivity index (χ0v) is 21.4. The van der Waals surface area contributed by atoms with E-state index < -0.39 is 0 Å². The van der Waals surface area contributed by atoms with Crippen molar-refractivity contribution in [2.45, 2.75) is 31.9 Å². The maximum atomic E-state index is 12.9. The Labute approximate surface area is 223 Å². The van der Waals surface area contributed by atoms with Gasteiger partial charge in [0.1, 0.15) is 17.6 Å². The van der Waals surface area contributed by atoms with Crippen LogP contribution in [0.15, 0.2) is 72.8 Å². The number of carbonyl (C=O) groups excluding carboxylic acids is 2. The van der Waals surface area contributed by atoms with Gasteiger partial charge in [-0.25, -0.2) is 0 Å². The normalized spacial score (nSPS) is 17.8. The van der Waals surface area contributed by atoms with E-state index in [0.717, 1.165) is 43.0 Å². The van der Waals surface area contributed by atoms with Crippen molar-refractivity contribution in [3.05, 3.63) is 83.9 Å². The lowest BCUT2D eigenvalue weighted by Crippen LogP contribution is -2.38. The highest BCUT2D eigenvalue weighted by Crippen LogP contribution is 2.32. The highest BCUT2D eigenvalue weighted by atomic mass is 16.5. The molecule has 3 aromatic carbocycles. The Morgan fingerprint density at radius 2 is 1.66 bits per heavy atom. The van der Waals surface area contributed by atoms with Gasteiger partial charge in [-0.05, 0) is 67.9 Å². The monoisotopic (exact) mass is 514 g/mol. The van der Waals surface area contributed by atoms with Crippen molar-refractivity contribution in [1.82, 2.24) is 16.0 Å². The van der Waals surface area contributed by atoms with Crippen molar-refractivity contribution < 1.29 is 19.1 Å². The first-order valence-electron chi connectivity index (χ1n) is 13.3. The second-order valence-electron chi connectivity index (χ2n) is 9.67. The molecule has 2 heterocycles. The molecular formula is C30H34N4O4. The molecule has 2 amide bonds. The van der Waals surface area contributed by atoms with Gasteiger partial charge in [-0.1, -0.05) is 36.4 Å². The standard InChI is InChI=1S/C30H34N4O4/c35-29(22-13-16-31-17-14-22)34-27-8-4-7-26-28(27)38-25(15-18-33-30(26)36)20-32-19-21-9-11-24(12-10-21)37-23-5-2-1-3-6-23/h1-12,22,25,31-32H,13-20H2,(H,33,36)(H,34,35). The summed E-state index contributed by atoms with van der Waals surface area (Å²) in [6, 6.07) is 23.0. The Hall–Kier alpha value is -3.88. The van der Waals surface area contributed by atoms with Crippen molar-refractivity contribution in [2.75, 3.05) is 31.5 Å². The predicted octanol–water partition coefficient (Wildman–Crippen LogP) is 4.09. The van der Waals surface area contributed by atoms with Crippen LogP contribution in [0.3, 0.4) is 0 Å². The molecule has 1 unspecified atom stereocenters. The minimum absolute atomic E-state index is 0.0275. The fourth-order valence-corrected chi connectivity index (χ4v) is 4.75. The van der Waals surface area contributed by atoms with Crippen LogP contribution in [0.5, 0.6) is 17.2 Å². The number of rotatable bonds is 8. The van der Waals surface area contributed by atoms with Crippen LogP contribution < -0.4 is 30.7 Å². The zero-order chi connectivity index (χ0) is 26.2. The van der Waals surface area contributed by atoms with E-state index in [-0.39, 0.29) is 23.8 Å². The molecule has 0 radical (unpaired) electrons. The maximum absolute atomic E-state index is 12.9. The highest BCUT2D eigenvalue weighted by molar-refractivity contribution is 6.01. The second kappa shape index (κ2) is 12.6. The van der Waals surface area contributed by atoms with E-state index in [9.17, 15) is 9.59 Å². The van der Waals surface area contributed by atoms with Gasteiger partial charge in [0.25, 0.3) is 5.91 Å². The van der Waals surface area contributed by atoms with Crippen molar-refractivity contribution in [3.8, 4) is 17.2 Å². The van der Waals surface area contributed by atoms with Gasteiger partial charge in [0, 0.05) is 32.0 Å². The van der Waals surface area contributed by atoms with Gasteiger partial charge in [-0.2, -0.15) is 0 Å². The lowest BCUT2D eigenvalue weighted by Gasteiger charge is -2.27. The molecule has 0 saturated carbocycles. The van der Waals surface area contributed by atoms with E-state index >= 15 is 0 Å². The summed E-state index contributed by atoms with van der Waals surface area (Å²) in [5.74, 6) is 1.76. The number of piperidine rings is 1. The molecule has 0 spiro atoms. The van der Waals surface area contributed by atoms with Crippen molar-refractivity contribution in [2.24, 2.45) is 5.92 Å². The quantitative estimate of drug-likeness (QED) is 0.361. The fraction of sp³-hybridized carbons (Fsp3) is 0.333. The molecule has 0 aliphatic carbocycles. The Kier molecular flexibility index (Phi) is 8.53. The third kappa shape index (κ3) is 6.70. The smallest absolute Gasteiger partial charge is 0.255 e. The number of para-hydroxylation sites is 2. The molecule has 2 aliphatic rings. The molecule has 8 heteroatoms. The van der Waals surface area contributed by atoms with Crippen molar-refractivity contribution in [3.63, 3.8) is 0 Å². The molecule has 4 N–H and O–H groups in total. The minimum atomic E-state index is -0.192. The molecule has 1 fully saturated rings. The van der Waals surface area contributed by atoms with E-state index in [2.05, 4.69) is 21.3 Å². The lowest BCUT2D eigenvalue weighted by atomic mass is 9.97. The molecule has 0 bridgehead atoms. The van der Waals surface area contributed by atoms with E-state index in [0.29, 0.717) is 43.1 Å². The van der Waals surface area contributed by atoms with E-state index in [1.807, 2.05) is 54.6 Å². The average Bonchev–Trinajstić information content (AvgIpc) is 2.94. The largest absolute Gasteiger partial charge is 0.486 e. The topological polar surface area (TPSA) is 101 Å². The van der Waals surface area contributed by atoms with Gasteiger partial charge in [0.05, 0.1) is 11.3 Å². The lowest BCUT2D eigenvalue weighted by molar-refractivity contribution is -0.120. The molecule has 0 aromatic heterocycles. The number of benzene rings is 3. The Bertz CT molecular complexity index is 1230. The van der Waals surface area contributed by atoms with E-state index in [1.165, 1.54) is 0 Å². The third-order valence-corrected chi connectivity index (χ3v) is 6.87. The van der Waals surface area contributed by atoms with Crippen LogP contribution >= 0.6 is 0 Å². The molecule has 3 aromatic rings. The molecule has 8 nitrogen and oxygen atoms in total. The van der Waals surface area contributed by atoms with Crippen LogP contribution in [0.25, 0.3) is 0 Å². The molecule has 5 rings (SSSR count). The first-order valence-corrected chi connectivity index (χ1v) is 13.3. The predicted molar refractivity (Wildman–Crippen MR) is 147 cm³/mol. The summed E-state index contributed by atoms with van der Waals surface area (Å²) in [5.41, 5.74) is 2.11. The summed E-state index contributed by atoms with van der Waals surface area (Å²) in [6.07, 6.45) is 2.08. The van der Waals surface area contributed by atoms with Gasteiger partial charge in [0.2, 0.25) is 5.91 Å². The van der Waals surface area contributed by atoms with Gasteiger partial charge in [-0.3, -0.25) is 9.59 Å². The summed E-state index contributed by atoms with van der Waals surface area (Å²) >= 11 is 0. The third-order valence-electron chi connectivity index (χ3n) is 6.87. The van der Waals surface area contributed by atoms with Crippen LogP contribution in [0.1, 0.15) is 35.2 Å². The Morgan fingerprint density at radius 3 is 2.45 bits per heavy atom. The summed E-state index contributed by atoms with van der Waals surface area (Å²) in [5, 5.41) is 12.7. The zero-order valence-electron chi connectivity index (χ0n) is 21.4. The summed E-state index contributed by atoms with van der Waals surface area (Å²) in [4.78, 5) is 25.6. The minimum Gasteiger partial charge on any atom is -0.486 e. The van der Waals surface area contributed by atoms with Crippen molar-refractivity contribution >= 4 is 17.5 Å². The number of amides is 2. The molecule has 2 aliphatic heterocycles. The van der Waals surface area contributed by atoms with Crippen LogP contribution in [0.4, 0.5) is 5.69 Å². The highest BCUT2D eigenvalue weighted by Gasteiger charge is 2.26. The van der Waals surface area contributed by atoms with E-state index in [1.54, 1.807) is 18.2 Å². The van der Waals surface area contributed by atoms with Crippen LogP contribution in [-0.4, -0.2) is 44.1 Å². The molecule has 198 valence electrons. The Morgan fingerprint density at radius 1 is 0.895 bits per heavy atom. The maximum Gasteiger partial charge on any atom is 0.255 e. The first kappa shape index (κ1) is 25.8. The van der Waals surface area contributed by atoms with Crippen molar-refractivity contribution in [1.29, 1.82) is 0 Å². The van der Waals surface area contributed by atoms with Crippen LogP contribution in [-0.2, 0) is 11.3 Å². The summed E-state index contributed by atoms with van der Waals surface area (Å²) in [7, 11) is 0. The number of anilines is 1. The number of hydrogen-bond donors (Lipinski definition) is 4. The molecule has 1 atom stereocenters. The van der Waals surface area contributed by atoms with Crippen LogP contribution in [0, 0.1) is 5.92 Å². The van der Waals surface area contributed by atoms with Gasteiger partial charge in [-0.15, -0.1) is 0 Å². The van der Waals surface area contributed by atoms with Gasteiger partial charge < -0.3 is 30.7 Å². The molecule has 38 heavy (non-hydrogen) atoms. The number of nitrogens with one attached hydrogen (secondary N) is 4. The van der Waals surface area contributed by atoms with Gasteiger partial charge in [0.15, 0.2) is 5.75 Å². The number of carbonyl (C=O) groups is 2. The first-order chi connectivity index (χ1) is 18.7. The molecular weight excluding hydrogens is 480 g/mol. The Balaban J connectivity index is 1.20. The molecule has 1 saturated heterocycles. The van der Waals surface area contributed by atoms with Crippen LogP contribution in [0.2, 0.25) is 0 Å². The summed E-state index contributed by atoms with van der Waals surface area (Å²) < 4.78 is 12.2. The number of hydrogen-bond acceptors (Lipinski definition) is 6. The SMILES string of the molecule is O=C1NCCC(CNCc2ccc(Oc3ccccc3)cc2)Oc2c(NC(=O)C3CCNCC3)cccc21. The number of ether oxygens (including phenoxy) is 2. The summed E-state index contributed by atoms with van der Waals surface area (Å²) in [6.45, 7) is 3.44. The fourth-order valence-electron chi connectivity index (χ4n) is 4.75.